The third-order valence-corrected chi connectivity index (χ3v) is 6.88. The summed E-state index contributed by atoms with van der Waals surface area (Å²) in [5.41, 5.74) is 9.19. The van der Waals surface area contributed by atoms with Gasteiger partial charge in [-0.25, -0.2) is 4.79 Å². The number of nitrogens with one attached hydrogen (secondary N) is 1. The SMILES string of the molecule is Cc1cccc(-c2cnn(CCCCCCNC(=O)c3nn(C4CCN(C(=O)OC(C)(C)C)CC4)cc3N)c2)n1. The molecule has 1 saturated heterocycles. The first-order chi connectivity index (χ1) is 19.1. The second-order valence-electron chi connectivity index (χ2n) is 11.4. The number of carbonyl (C=O) groups is 2. The summed E-state index contributed by atoms with van der Waals surface area (Å²) in [4.78, 5) is 31.3. The number of unbranched alkanes of at least 4 members (excludes halogenated alkanes) is 3. The van der Waals surface area contributed by atoms with E-state index < -0.39 is 5.60 Å². The minimum Gasteiger partial charge on any atom is -0.444 e. The molecule has 0 atom stereocenters. The summed E-state index contributed by atoms with van der Waals surface area (Å²) >= 11 is 0. The summed E-state index contributed by atoms with van der Waals surface area (Å²) in [5.74, 6) is -0.253. The summed E-state index contributed by atoms with van der Waals surface area (Å²) in [6.07, 6.45) is 10.7. The number of ether oxygens (including phenoxy) is 1. The van der Waals surface area contributed by atoms with Crippen LogP contribution in [0.15, 0.2) is 36.8 Å². The lowest BCUT2D eigenvalue weighted by Crippen LogP contribution is -2.42. The molecule has 4 rings (SSSR count). The van der Waals surface area contributed by atoms with E-state index in [4.69, 9.17) is 10.5 Å². The van der Waals surface area contributed by atoms with E-state index in [1.807, 2.05) is 63.0 Å². The molecule has 40 heavy (non-hydrogen) atoms. The molecule has 0 aromatic carbocycles. The number of aryl methyl sites for hydroxylation is 2. The lowest BCUT2D eigenvalue weighted by atomic mass is 10.1. The Hall–Kier alpha value is -3.89. The van der Waals surface area contributed by atoms with Crippen LogP contribution in [-0.2, 0) is 11.3 Å². The van der Waals surface area contributed by atoms with Gasteiger partial charge in [-0.1, -0.05) is 18.9 Å². The molecule has 1 aliphatic heterocycles. The van der Waals surface area contributed by atoms with E-state index in [-0.39, 0.29) is 23.7 Å². The van der Waals surface area contributed by atoms with Crippen molar-refractivity contribution in [2.24, 2.45) is 0 Å². The first-order valence-electron chi connectivity index (χ1n) is 14.2. The Bertz CT molecular complexity index is 1280. The molecule has 4 heterocycles. The molecule has 1 aliphatic rings. The number of piperidine rings is 1. The summed E-state index contributed by atoms with van der Waals surface area (Å²) in [6, 6.07) is 6.07. The normalized spacial score (nSPS) is 14.3. The minimum atomic E-state index is -0.516. The highest BCUT2D eigenvalue weighted by atomic mass is 16.6. The molecular formula is C29H42N8O3. The number of rotatable bonds is 10. The molecule has 0 radical (unpaired) electrons. The molecule has 0 spiro atoms. The number of aromatic nitrogens is 5. The van der Waals surface area contributed by atoms with E-state index in [1.165, 1.54) is 0 Å². The van der Waals surface area contributed by atoms with Crippen LogP contribution >= 0.6 is 0 Å². The largest absolute Gasteiger partial charge is 0.444 e. The van der Waals surface area contributed by atoms with Gasteiger partial charge in [0.05, 0.1) is 23.6 Å². The van der Waals surface area contributed by atoms with Gasteiger partial charge in [-0.2, -0.15) is 10.2 Å². The van der Waals surface area contributed by atoms with Crippen LogP contribution in [0.25, 0.3) is 11.3 Å². The zero-order chi connectivity index (χ0) is 28.7. The van der Waals surface area contributed by atoms with E-state index in [0.29, 0.717) is 25.3 Å². The quantitative estimate of drug-likeness (QED) is 0.353. The molecule has 216 valence electrons. The van der Waals surface area contributed by atoms with Gasteiger partial charge in [0.25, 0.3) is 5.91 Å². The Labute approximate surface area is 236 Å². The Balaban J connectivity index is 1.13. The van der Waals surface area contributed by atoms with Gasteiger partial charge >= 0.3 is 6.09 Å². The third kappa shape index (κ3) is 8.06. The number of nitrogens with two attached hydrogens (primary N) is 1. The van der Waals surface area contributed by atoms with Crippen molar-refractivity contribution in [2.45, 2.75) is 84.4 Å². The van der Waals surface area contributed by atoms with E-state index in [2.05, 4.69) is 20.5 Å². The Kier molecular flexibility index (Phi) is 9.44. The van der Waals surface area contributed by atoms with Crippen LogP contribution in [-0.4, -0.2) is 66.7 Å². The molecule has 0 bridgehead atoms. The molecule has 0 unspecified atom stereocenters. The van der Waals surface area contributed by atoms with Gasteiger partial charge in [-0.05, 0) is 65.5 Å². The number of nitrogens with zero attached hydrogens (tertiary/aromatic N) is 6. The molecule has 0 saturated carbocycles. The molecule has 2 amide bonds. The first-order valence-corrected chi connectivity index (χ1v) is 14.2. The molecule has 1 fully saturated rings. The Morgan fingerprint density at radius 1 is 1.10 bits per heavy atom. The van der Waals surface area contributed by atoms with Crippen molar-refractivity contribution in [3.05, 3.63) is 48.2 Å². The Morgan fingerprint density at radius 3 is 2.58 bits per heavy atom. The molecule has 0 aliphatic carbocycles. The van der Waals surface area contributed by atoms with Crippen LogP contribution in [0, 0.1) is 6.92 Å². The summed E-state index contributed by atoms with van der Waals surface area (Å²) < 4.78 is 9.20. The fourth-order valence-corrected chi connectivity index (χ4v) is 4.77. The van der Waals surface area contributed by atoms with Gasteiger partial charge in [-0.3, -0.25) is 19.1 Å². The zero-order valence-electron chi connectivity index (χ0n) is 24.1. The Morgan fingerprint density at radius 2 is 1.85 bits per heavy atom. The second-order valence-corrected chi connectivity index (χ2v) is 11.4. The van der Waals surface area contributed by atoms with E-state index in [0.717, 1.165) is 62.0 Å². The van der Waals surface area contributed by atoms with Crippen molar-refractivity contribution in [3.63, 3.8) is 0 Å². The number of likely N-dealkylation sites (tertiary alicyclic amines) is 1. The molecule has 3 aromatic heterocycles. The maximum atomic E-state index is 12.7. The molecular weight excluding hydrogens is 508 g/mol. The van der Waals surface area contributed by atoms with Crippen LogP contribution < -0.4 is 11.1 Å². The van der Waals surface area contributed by atoms with Gasteiger partial charge in [0.1, 0.15) is 5.60 Å². The topological polar surface area (TPSA) is 133 Å². The van der Waals surface area contributed by atoms with Crippen molar-refractivity contribution in [1.29, 1.82) is 0 Å². The van der Waals surface area contributed by atoms with Crippen molar-refractivity contribution >= 4 is 17.7 Å². The number of carbonyl (C=O) groups excluding carboxylic acids is 2. The average Bonchev–Trinajstić information content (AvgIpc) is 3.54. The number of amides is 2. The van der Waals surface area contributed by atoms with E-state index >= 15 is 0 Å². The van der Waals surface area contributed by atoms with Crippen molar-refractivity contribution < 1.29 is 14.3 Å². The monoisotopic (exact) mass is 550 g/mol. The van der Waals surface area contributed by atoms with Crippen LogP contribution in [0.1, 0.15) is 81.5 Å². The van der Waals surface area contributed by atoms with Gasteiger partial charge in [0, 0.05) is 49.8 Å². The number of pyridine rings is 1. The average molecular weight is 551 g/mol. The lowest BCUT2D eigenvalue weighted by molar-refractivity contribution is 0.0184. The second kappa shape index (κ2) is 13.0. The molecule has 11 nitrogen and oxygen atoms in total. The van der Waals surface area contributed by atoms with E-state index in [1.54, 1.807) is 15.8 Å². The van der Waals surface area contributed by atoms with Crippen LogP contribution in [0.2, 0.25) is 0 Å². The highest BCUT2D eigenvalue weighted by Gasteiger charge is 2.28. The number of hydrogen-bond acceptors (Lipinski definition) is 7. The standard InChI is InChI=1S/C29H42N8O3/c1-21-10-9-11-25(33-21)22-18-32-36(19-22)15-8-6-5-7-14-31-27(38)26-24(30)20-37(34-26)23-12-16-35(17-13-23)28(39)40-29(2,3)4/h9-11,18-20,23H,5-8,12-17,30H2,1-4H3,(H,31,38). The third-order valence-electron chi connectivity index (χ3n) is 6.88. The lowest BCUT2D eigenvalue weighted by Gasteiger charge is -2.33. The van der Waals surface area contributed by atoms with Gasteiger partial charge in [-0.15, -0.1) is 0 Å². The summed E-state index contributed by atoms with van der Waals surface area (Å²) in [6.45, 7) is 10.1. The molecule has 3 N–H and O–H groups in total. The maximum absolute atomic E-state index is 12.7. The van der Waals surface area contributed by atoms with Gasteiger partial charge in [0.15, 0.2) is 5.69 Å². The highest BCUT2D eigenvalue weighted by Crippen LogP contribution is 2.25. The number of hydrogen-bond donors (Lipinski definition) is 2. The maximum Gasteiger partial charge on any atom is 0.410 e. The predicted octanol–water partition coefficient (Wildman–Crippen LogP) is 4.59. The van der Waals surface area contributed by atoms with Gasteiger partial charge < -0.3 is 20.7 Å². The van der Waals surface area contributed by atoms with Crippen molar-refractivity contribution in [3.8, 4) is 11.3 Å². The fraction of sp³-hybridized carbons (Fsp3) is 0.552. The van der Waals surface area contributed by atoms with Crippen molar-refractivity contribution in [1.82, 2.24) is 34.8 Å². The van der Waals surface area contributed by atoms with Gasteiger partial charge in [0.2, 0.25) is 0 Å². The number of nitrogen functional groups attached to an aromatic ring is 1. The zero-order valence-corrected chi connectivity index (χ0v) is 24.1. The van der Waals surface area contributed by atoms with Crippen LogP contribution in [0.3, 0.4) is 0 Å². The molecule has 3 aromatic rings. The summed E-state index contributed by atoms with van der Waals surface area (Å²) in [7, 11) is 0. The predicted molar refractivity (Wildman–Crippen MR) is 154 cm³/mol. The first kappa shape index (κ1) is 29.1. The van der Waals surface area contributed by atoms with Crippen LogP contribution in [0.5, 0.6) is 0 Å². The summed E-state index contributed by atoms with van der Waals surface area (Å²) in [5, 5.41) is 11.9. The van der Waals surface area contributed by atoms with E-state index in [9.17, 15) is 9.59 Å². The number of anilines is 1. The smallest absolute Gasteiger partial charge is 0.410 e. The fourth-order valence-electron chi connectivity index (χ4n) is 4.77. The molecule has 11 heteroatoms. The van der Waals surface area contributed by atoms with Crippen LogP contribution in [0.4, 0.5) is 10.5 Å². The minimum absolute atomic E-state index is 0.0847. The highest BCUT2D eigenvalue weighted by molar-refractivity contribution is 5.96. The van der Waals surface area contributed by atoms with Crippen molar-refractivity contribution in [2.75, 3.05) is 25.4 Å².